The van der Waals surface area contributed by atoms with Crippen molar-refractivity contribution in [1.82, 2.24) is 4.57 Å². The van der Waals surface area contributed by atoms with Gasteiger partial charge in [0.25, 0.3) is 10.0 Å². The highest BCUT2D eigenvalue weighted by atomic mass is 32.2. The summed E-state index contributed by atoms with van der Waals surface area (Å²) in [5.41, 5.74) is 1.15. The fraction of sp³-hybridized carbons (Fsp3) is 0.231. The third-order valence-corrected chi connectivity index (χ3v) is 4.77. The second kappa shape index (κ2) is 5.07. The number of aliphatic hydroxyl groups excluding tert-OH is 1. The topological polar surface area (TPSA) is 62.5 Å². The van der Waals surface area contributed by atoms with E-state index in [9.17, 15) is 8.42 Å². The molecule has 0 fully saturated rings. The minimum atomic E-state index is -3.60. The van der Waals surface area contributed by atoms with Crippen molar-refractivity contribution in [1.29, 1.82) is 0 Å². The normalized spacial score (nSPS) is 11.5. The second-order valence-corrected chi connectivity index (χ2v) is 6.21. The summed E-state index contributed by atoms with van der Waals surface area (Å²) in [5.74, 6) is 0. The highest BCUT2D eigenvalue weighted by Crippen LogP contribution is 2.22. The number of sulfonamides is 1. The minimum absolute atomic E-state index is 0.172. The third kappa shape index (κ3) is 2.50. The zero-order valence-corrected chi connectivity index (χ0v) is 11.6. The molecular weight excluding hydrogens is 264 g/mol. The van der Waals surface area contributed by atoms with Crippen molar-refractivity contribution >= 4 is 15.7 Å². The Bertz CT molecular complexity index is 662. The molecule has 0 saturated heterocycles. The third-order valence-electron chi connectivity index (χ3n) is 3.02. The number of aromatic nitrogens is 1. The molecule has 6 heteroatoms. The van der Waals surface area contributed by atoms with E-state index in [1.807, 2.05) is 6.07 Å². The van der Waals surface area contributed by atoms with Crippen LogP contribution in [0.4, 0.5) is 5.69 Å². The van der Waals surface area contributed by atoms with Crippen LogP contribution in [-0.4, -0.2) is 25.1 Å². The van der Waals surface area contributed by atoms with Crippen molar-refractivity contribution in [3.63, 3.8) is 0 Å². The highest BCUT2D eigenvalue weighted by molar-refractivity contribution is 7.92. The summed E-state index contributed by atoms with van der Waals surface area (Å²) in [4.78, 5) is 0.172. The maximum atomic E-state index is 12.4. The molecule has 1 aromatic carbocycles. The Labute approximate surface area is 112 Å². The first-order valence-electron chi connectivity index (χ1n) is 5.77. The number of para-hydroxylation sites is 1. The smallest absolute Gasteiger partial charge is 0.265 e. The molecule has 2 aromatic rings. The number of aliphatic hydroxyl groups is 1. The standard InChI is InChI=1S/C13H16N2O3S/c1-14-9-13(8-12(14)10-16)19(17,18)15(2)11-6-4-3-5-7-11/h3-9,16H,10H2,1-2H3. The van der Waals surface area contributed by atoms with Crippen molar-refractivity contribution in [2.75, 3.05) is 11.4 Å². The van der Waals surface area contributed by atoms with Crippen LogP contribution in [0.3, 0.4) is 0 Å². The van der Waals surface area contributed by atoms with Gasteiger partial charge in [0.05, 0.1) is 12.3 Å². The Kier molecular flexibility index (Phi) is 3.64. The van der Waals surface area contributed by atoms with Gasteiger partial charge in [-0.1, -0.05) is 18.2 Å². The van der Waals surface area contributed by atoms with Crippen LogP contribution in [0.2, 0.25) is 0 Å². The van der Waals surface area contributed by atoms with Gasteiger partial charge in [-0.05, 0) is 18.2 Å². The Morgan fingerprint density at radius 2 is 1.89 bits per heavy atom. The zero-order chi connectivity index (χ0) is 14.0. The van der Waals surface area contributed by atoms with Crippen molar-refractivity contribution < 1.29 is 13.5 Å². The number of rotatable bonds is 4. The molecule has 0 radical (unpaired) electrons. The molecule has 1 N–H and O–H groups in total. The van der Waals surface area contributed by atoms with Crippen molar-refractivity contribution in [3.8, 4) is 0 Å². The van der Waals surface area contributed by atoms with Crippen LogP contribution in [0.25, 0.3) is 0 Å². The first kappa shape index (κ1) is 13.6. The van der Waals surface area contributed by atoms with Gasteiger partial charge in [-0.25, -0.2) is 8.42 Å². The lowest BCUT2D eigenvalue weighted by molar-refractivity contribution is 0.272. The van der Waals surface area contributed by atoms with Gasteiger partial charge in [-0.3, -0.25) is 4.31 Å². The van der Waals surface area contributed by atoms with E-state index in [0.717, 1.165) is 0 Å². The first-order chi connectivity index (χ1) is 8.96. The molecule has 0 aliphatic heterocycles. The molecule has 0 amide bonds. The Morgan fingerprint density at radius 3 is 2.42 bits per heavy atom. The molecule has 0 saturated carbocycles. The molecule has 0 unspecified atom stereocenters. The predicted molar refractivity (Wildman–Crippen MR) is 73.4 cm³/mol. The molecule has 0 bridgehead atoms. The summed E-state index contributed by atoms with van der Waals surface area (Å²) in [7, 11) is -0.391. The maximum absolute atomic E-state index is 12.4. The van der Waals surface area contributed by atoms with Gasteiger partial charge < -0.3 is 9.67 Å². The lowest BCUT2D eigenvalue weighted by atomic mass is 10.3. The summed E-state index contributed by atoms with van der Waals surface area (Å²) in [6.07, 6.45) is 1.50. The predicted octanol–water partition coefficient (Wildman–Crippen LogP) is 1.34. The average molecular weight is 280 g/mol. The van der Waals surface area contributed by atoms with Crippen LogP contribution in [0.5, 0.6) is 0 Å². The molecule has 2 rings (SSSR count). The fourth-order valence-electron chi connectivity index (χ4n) is 1.81. The van der Waals surface area contributed by atoms with Crippen LogP contribution in [0, 0.1) is 0 Å². The summed E-state index contributed by atoms with van der Waals surface area (Å²) in [6, 6.07) is 10.3. The Balaban J connectivity index is 2.42. The zero-order valence-electron chi connectivity index (χ0n) is 10.8. The van der Waals surface area contributed by atoms with Crippen LogP contribution >= 0.6 is 0 Å². The summed E-state index contributed by atoms with van der Waals surface area (Å²) >= 11 is 0. The van der Waals surface area contributed by atoms with Gasteiger partial charge in [0.1, 0.15) is 4.90 Å². The van der Waals surface area contributed by atoms with Gasteiger partial charge in [0.15, 0.2) is 0 Å². The lowest BCUT2D eigenvalue weighted by Gasteiger charge is -2.18. The molecule has 0 aliphatic carbocycles. The van der Waals surface area contributed by atoms with Crippen molar-refractivity contribution in [3.05, 3.63) is 48.3 Å². The van der Waals surface area contributed by atoms with Crippen LogP contribution in [0.15, 0.2) is 47.5 Å². The number of hydrogen-bond donors (Lipinski definition) is 1. The van der Waals surface area contributed by atoms with Gasteiger partial charge in [0.2, 0.25) is 0 Å². The minimum Gasteiger partial charge on any atom is -0.390 e. The quantitative estimate of drug-likeness (QED) is 0.919. The largest absolute Gasteiger partial charge is 0.390 e. The van der Waals surface area contributed by atoms with Crippen LogP contribution in [0.1, 0.15) is 5.69 Å². The second-order valence-electron chi connectivity index (χ2n) is 4.24. The number of hydrogen-bond acceptors (Lipinski definition) is 3. The van der Waals surface area contributed by atoms with Crippen molar-refractivity contribution in [2.45, 2.75) is 11.5 Å². The molecule has 0 aliphatic rings. The Morgan fingerprint density at radius 1 is 1.26 bits per heavy atom. The molecule has 102 valence electrons. The number of anilines is 1. The summed E-state index contributed by atoms with van der Waals surface area (Å²) in [6.45, 7) is -0.193. The van der Waals surface area contributed by atoms with E-state index in [4.69, 9.17) is 5.11 Å². The van der Waals surface area contributed by atoms with E-state index < -0.39 is 10.0 Å². The van der Waals surface area contributed by atoms with E-state index in [1.54, 1.807) is 35.9 Å². The van der Waals surface area contributed by atoms with Gasteiger partial charge in [0, 0.05) is 26.0 Å². The van der Waals surface area contributed by atoms with Gasteiger partial charge >= 0.3 is 0 Å². The molecule has 19 heavy (non-hydrogen) atoms. The molecule has 5 nitrogen and oxygen atoms in total. The van der Waals surface area contributed by atoms with E-state index in [2.05, 4.69) is 0 Å². The van der Waals surface area contributed by atoms with E-state index >= 15 is 0 Å². The van der Waals surface area contributed by atoms with E-state index in [1.165, 1.54) is 23.6 Å². The van der Waals surface area contributed by atoms with Gasteiger partial charge in [-0.2, -0.15) is 0 Å². The monoisotopic (exact) mass is 280 g/mol. The fourth-order valence-corrected chi connectivity index (χ4v) is 3.10. The molecule has 0 atom stereocenters. The van der Waals surface area contributed by atoms with E-state index in [-0.39, 0.29) is 11.5 Å². The molecular formula is C13H16N2O3S. The number of nitrogens with zero attached hydrogens (tertiary/aromatic N) is 2. The van der Waals surface area contributed by atoms with E-state index in [0.29, 0.717) is 11.4 Å². The number of aryl methyl sites for hydroxylation is 1. The average Bonchev–Trinajstić information content (AvgIpc) is 2.81. The van der Waals surface area contributed by atoms with Crippen LogP contribution in [-0.2, 0) is 23.7 Å². The van der Waals surface area contributed by atoms with Crippen LogP contribution < -0.4 is 4.31 Å². The highest BCUT2D eigenvalue weighted by Gasteiger charge is 2.23. The maximum Gasteiger partial charge on any atom is 0.265 e. The summed E-state index contributed by atoms with van der Waals surface area (Å²) in [5, 5.41) is 9.12. The molecule has 1 aromatic heterocycles. The summed E-state index contributed by atoms with van der Waals surface area (Å²) < 4.78 is 27.7. The Hall–Kier alpha value is -1.79. The molecule has 0 spiro atoms. The number of benzene rings is 1. The lowest BCUT2D eigenvalue weighted by Crippen LogP contribution is -2.26. The molecule has 1 heterocycles. The van der Waals surface area contributed by atoms with Gasteiger partial charge in [-0.15, -0.1) is 0 Å². The van der Waals surface area contributed by atoms with Crippen molar-refractivity contribution in [2.24, 2.45) is 7.05 Å². The first-order valence-corrected chi connectivity index (χ1v) is 7.21. The SMILES string of the molecule is CN(c1ccccc1)S(=O)(=O)c1cc(CO)n(C)c1.